The smallest absolute Gasteiger partial charge is 0.229 e. The van der Waals surface area contributed by atoms with E-state index in [1.165, 1.54) is 18.5 Å². The standard InChI is InChI=1S/C24H34N8O/c1-4-32(5-2)13-12-25-23(33)18-8-10-19(11-9-18)27-24-26-15-16(3)22(29-24)28-21-14-20(30-31-21)17-6-7-17/h8-11,14-15,17,23,25,33H,4-7,12-13H2,1-3H3,(H3,26,27,28,29,30,31). The third-order valence-electron chi connectivity index (χ3n) is 5.98. The molecule has 0 amide bonds. The van der Waals surface area contributed by atoms with Crippen LogP contribution in [0.5, 0.6) is 0 Å². The molecule has 2 heterocycles. The minimum Gasteiger partial charge on any atom is -0.374 e. The molecule has 4 rings (SSSR count). The van der Waals surface area contributed by atoms with E-state index < -0.39 is 6.23 Å². The molecule has 1 aliphatic carbocycles. The van der Waals surface area contributed by atoms with E-state index in [0.29, 0.717) is 17.7 Å². The summed E-state index contributed by atoms with van der Waals surface area (Å²) in [4.78, 5) is 11.3. The van der Waals surface area contributed by atoms with Gasteiger partial charge in [0, 0.05) is 48.2 Å². The zero-order valence-electron chi connectivity index (χ0n) is 19.6. The van der Waals surface area contributed by atoms with E-state index in [2.05, 4.69) is 54.9 Å². The molecular formula is C24H34N8O. The van der Waals surface area contributed by atoms with Gasteiger partial charge in [0.2, 0.25) is 5.95 Å². The van der Waals surface area contributed by atoms with Gasteiger partial charge in [0.25, 0.3) is 0 Å². The average Bonchev–Trinajstić information content (AvgIpc) is 3.58. The summed E-state index contributed by atoms with van der Waals surface area (Å²) < 4.78 is 0. The quantitative estimate of drug-likeness (QED) is 0.265. The summed E-state index contributed by atoms with van der Waals surface area (Å²) in [5.41, 5.74) is 3.77. The van der Waals surface area contributed by atoms with Crippen molar-refractivity contribution in [2.75, 3.05) is 36.8 Å². The first kappa shape index (κ1) is 23.2. The Morgan fingerprint density at radius 3 is 2.61 bits per heavy atom. The molecule has 0 radical (unpaired) electrons. The van der Waals surface area contributed by atoms with Crippen molar-refractivity contribution < 1.29 is 5.11 Å². The van der Waals surface area contributed by atoms with E-state index >= 15 is 0 Å². The topological polar surface area (TPSA) is 114 Å². The average molecular weight is 451 g/mol. The Hall–Kier alpha value is -3.01. The molecule has 9 heteroatoms. The number of anilines is 4. The molecule has 1 fully saturated rings. The van der Waals surface area contributed by atoms with Crippen molar-refractivity contribution in [2.24, 2.45) is 0 Å². The number of likely N-dealkylation sites (N-methyl/N-ethyl adjacent to an activating group) is 1. The lowest BCUT2D eigenvalue weighted by atomic mass is 10.2. The highest BCUT2D eigenvalue weighted by Gasteiger charge is 2.25. The molecule has 176 valence electrons. The monoisotopic (exact) mass is 450 g/mol. The number of H-pyrrole nitrogens is 1. The summed E-state index contributed by atoms with van der Waals surface area (Å²) in [6.45, 7) is 9.91. The lowest BCUT2D eigenvalue weighted by Gasteiger charge is -2.20. The van der Waals surface area contributed by atoms with Crippen LogP contribution in [0.4, 0.5) is 23.3 Å². The van der Waals surface area contributed by atoms with E-state index in [9.17, 15) is 5.11 Å². The second-order valence-electron chi connectivity index (χ2n) is 8.46. The molecule has 1 atom stereocenters. The molecule has 0 aliphatic heterocycles. The number of aliphatic hydroxyl groups is 1. The van der Waals surface area contributed by atoms with Gasteiger partial charge in [-0.2, -0.15) is 10.1 Å². The van der Waals surface area contributed by atoms with E-state index in [0.717, 1.165) is 48.8 Å². The summed E-state index contributed by atoms with van der Waals surface area (Å²) in [5.74, 6) is 2.59. The van der Waals surface area contributed by atoms with Gasteiger partial charge in [0.15, 0.2) is 5.82 Å². The van der Waals surface area contributed by atoms with Gasteiger partial charge in [-0.1, -0.05) is 26.0 Å². The Morgan fingerprint density at radius 1 is 1.15 bits per heavy atom. The maximum absolute atomic E-state index is 10.4. The molecule has 0 spiro atoms. The highest BCUT2D eigenvalue weighted by molar-refractivity contribution is 5.60. The van der Waals surface area contributed by atoms with Crippen LogP contribution < -0.4 is 16.0 Å². The van der Waals surface area contributed by atoms with Crippen LogP contribution in [0.1, 0.15) is 55.7 Å². The van der Waals surface area contributed by atoms with Gasteiger partial charge in [-0.3, -0.25) is 10.4 Å². The second-order valence-corrected chi connectivity index (χ2v) is 8.46. The van der Waals surface area contributed by atoms with E-state index in [4.69, 9.17) is 0 Å². The Labute approximate surface area is 195 Å². The van der Waals surface area contributed by atoms with Crippen molar-refractivity contribution in [3.8, 4) is 0 Å². The van der Waals surface area contributed by atoms with Gasteiger partial charge in [-0.25, -0.2) is 4.98 Å². The largest absolute Gasteiger partial charge is 0.374 e. The molecule has 0 bridgehead atoms. The first-order valence-electron chi connectivity index (χ1n) is 11.7. The Kier molecular flexibility index (Phi) is 7.54. The normalized spacial score (nSPS) is 14.5. The number of benzene rings is 1. The lowest BCUT2D eigenvalue weighted by Crippen LogP contribution is -2.33. The fourth-order valence-corrected chi connectivity index (χ4v) is 3.65. The molecule has 33 heavy (non-hydrogen) atoms. The number of aliphatic hydroxyl groups excluding tert-OH is 1. The van der Waals surface area contributed by atoms with Gasteiger partial charge in [-0.15, -0.1) is 0 Å². The zero-order chi connectivity index (χ0) is 23.2. The Morgan fingerprint density at radius 2 is 1.91 bits per heavy atom. The van der Waals surface area contributed by atoms with E-state index in [1.54, 1.807) is 6.20 Å². The molecule has 0 saturated heterocycles. The van der Waals surface area contributed by atoms with Crippen LogP contribution in [0.2, 0.25) is 0 Å². The van der Waals surface area contributed by atoms with Gasteiger partial charge in [0.1, 0.15) is 12.0 Å². The highest BCUT2D eigenvalue weighted by atomic mass is 16.3. The fraction of sp³-hybridized carbons (Fsp3) is 0.458. The van der Waals surface area contributed by atoms with Crippen LogP contribution in [0.15, 0.2) is 36.5 Å². The summed E-state index contributed by atoms with van der Waals surface area (Å²) in [7, 11) is 0. The van der Waals surface area contributed by atoms with Crippen LogP contribution in [0.25, 0.3) is 0 Å². The van der Waals surface area contributed by atoms with Gasteiger partial charge in [0.05, 0.1) is 0 Å². The minimum atomic E-state index is -0.699. The van der Waals surface area contributed by atoms with Crippen LogP contribution in [-0.2, 0) is 0 Å². The molecule has 3 aromatic rings. The zero-order valence-corrected chi connectivity index (χ0v) is 19.6. The maximum atomic E-state index is 10.4. The SMILES string of the molecule is CCN(CC)CCNC(O)c1ccc(Nc2ncc(C)c(Nc3cc(C4CC4)[nH]n3)n2)cc1. The van der Waals surface area contributed by atoms with Crippen LogP contribution in [0.3, 0.4) is 0 Å². The van der Waals surface area contributed by atoms with E-state index in [1.807, 2.05) is 37.3 Å². The third kappa shape index (κ3) is 6.28. The number of hydrogen-bond acceptors (Lipinski definition) is 8. The van der Waals surface area contributed by atoms with Crippen LogP contribution in [-0.4, -0.2) is 56.4 Å². The van der Waals surface area contributed by atoms with Crippen molar-refractivity contribution in [2.45, 2.75) is 45.8 Å². The molecule has 5 N–H and O–H groups in total. The van der Waals surface area contributed by atoms with Crippen molar-refractivity contribution in [3.05, 3.63) is 53.3 Å². The molecule has 1 aliphatic rings. The second kappa shape index (κ2) is 10.7. The number of aryl methyl sites for hydroxylation is 1. The predicted octanol–water partition coefficient (Wildman–Crippen LogP) is 3.80. The molecule has 2 aromatic heterocycles. The molecule has 9 nitrogen and oxygen atoms in total. The fourth-order valence-electron chi connectivity index (χ4n) is 3.65. The first-order valence-corrected chi connectivity index (χ1v) is 11.7. The molecule has 1 saturated carbocycles. The number of aromatic amines is 1. The van der Waals surface area contributed by atoms with Crippen LogP contribution >= 0.6 is 0 Å². The van der Waals surface area contributed by atoms with E-state index in [-0.39, 0.29) is 0 Å². The summed E-state index contributed by atoms with van der Waals surface area (Å²) in [6, 6.07) is 9.67. The Balaban J connectivity index is 1.34. The summed E-state index contributed by atoms with van der Waals surface area (Å²) >= 11 is 0. The molecule has 1 unspecified atom stereocenters. The number of nitrogens with one attached hydrogen (secondary N) is 4. The third-order valence-corrected chi connectivity index (χ3v) is 5.98. The van der Waals surface area contributed by atoms with Gasteiger partial charge in [-0.05, 0) is 50.6 Å². The first-order chi connectivity index (χ1) is 16.1. The van der Waals surface area contributed by atoms with Crippen molar-refractivity contribution >= 4 is 23.3 Å². The maximum Gasteiger partial charge on any atom is 0.229 e. The van der Waals surface area contributed by atoms with Gasteiger partial charge < -0.3 is 20.6 Å². The van der Waals surface area contributed by atoms with Gasteiger partial charge >= 0.3 is 0 Å². The lowest BCUT2D eigenvalue weighted by molar-refractivity contribution is 0.133. The number of rotatable bonds is 12. The number of hydrogen-bond donors (Lipinski definition) is 5. The molecule has 1 aromatic carbocycles. The number of nitrogens with zero attached hydrogens (tertiary/aromatic N) is 4. The number of aromatic nitrogens is 4. The minimum absolute atomic E-state index is 0.492. The molecular weight excluding hydrogens is 416 g/mol. The summed E-state index contributed by atoms with van der Waals surface area (Å²) in [6.07, 6.45) is 3.54. The van der Waals surface area contributed by atoms with Crippen molar-refractivity contribution in [3.63, 3.8) is 0 Å². The van der Waals surface area contributed by atoms with Crippen molar-refractivity contribution in [1.29, 1.82) is 0 Å². The van der Waals surface area contributed by atoms with Crippen molar-refractivity contribution in [1.82, 2.24) is 30.4 Å². The Bertz CT molecular complexity index is 1030. The summed E-state index contributed by atoms with van der Waals surface area (Å²) in [5, 5.41) is 27.5. The highest BCUT2D eigenvalue weighted by Crippen LogP contribution is 2.39. The van der Waals surface area contributed by atoms with Crippen LogP contribution in [0, 0.1) is 6.92 Å². The predicted molar refractivity (Wildman–Crippen MR) is 131 cm³/mol.